The molecule has 0 spiro atoms. The Balaban J connectivity index is 1.81. The van der Waals surface area contributed by atoms with E-state index in [0.717, 1.165) is 5.56 Å². The normalized spacial score (nSPS) is 15.4. The molecule has 4 heteroatoms. The largest absolute Gasteiger partial charge is 0.452 e. The maximum atomic E-state index is 12.6. The highest BCUT2D eigenvalue weighted by atomic mass is 16.5. The van der Waals surface area contributed by atoms with E-state index in [9.17, 15) is 9.59 Å². The fourth-order valence-corrected chi connectivity index (χ4v) is 2.72. The van der Waals surface area contributed by atoms with Crippen molar-refractivity contribution in [2.75, 3.05) is 0 Å². The second kappa shape index (κ2) is 6.93. The van der Waals surface area contributed by atoms with Gasteiger partial charge in [0.05, 0.1) is 11.0 Å². The third kappa shape index (κ3) is 4.16. The number of hydrogen-bond donors (Lipinski definition) is 0. The molecule has 0 N–H and O–H groups in total. The molecule has 2 aromatic carbocycles. The standard InChI is InChI=1S/C24H26O4/c1-23(2,3)16-9-7-15(8-10-16)13-20-21(25)18-12-11-17(14-19(18)28-20)27-22(26)24(4,5)6/h7-14H,1-6H3. The molecule has 1 aliphatic rings. The Hall–Kier alpha value is -2.88. The first-order valence-electron chi connectivity index (χ1n) is 9.36. The predicted molar refractivity (Wildman–Crippen MR) is 110 cm³/mol. The van der Waals surface area contributed by atoms with E-state index in [1.807, 2.05) is 12.1 Å². The van der Waals surface area contributed by atoms with Crippen molar-refractivity contribution in [3.05, 3.63) is 64.9 Å². The van der Waals surface area contributed by atoms with Gasteiger partial charge in [-0.05, 0) is 55.5 Å². The first kappa shape index (κ1) is 19.9. The smallest absolute Gasteiger partial charge is 0.316 e. The van der Waals surface area contributed by atoms with Crippen molar-refractivity contribution in [3.63, 3.8) is 0 Å². The van der Waals surface area contributed by atoms with Crippen LogP contribution in [0.25, 0.3) is 6.08 Å². The van der Waals surface area contributed by atoms with E-state index in [4.69, 9.17) is 9.47 Å². The molecule has 146 valence electrons. The highest BCUT2D eigenvalue weighted by Crippen LogP contribution is 2.35. The van der Waals surface area contributed by atoms with Gasteiger partial charge in [-0.25, -0.2) is 0 Å². The summed E-state index contributed by atoms with van der Waals surface area (Å²) in [6, 6.07) is 12.9. The molecule has 0 saturated carbocycles. The van der Waals surface area contributed by atoms with Gasteiger partial charge >= 0.3 is 5.97 Å². The number of ether oxygens (including phenoxy) is 2. The first-order valence-corrected chi connectivity index (χ1v) is 9.36. The van der Waals surface area contributed by atoms with Gasteiger partial charge in [-0.1, -0.05) is 45.0 Å². The molecular weight excluding hydrogens is 352 g/mol. The topological polar surface area (TPSA) is 52.6 Å². The summed E-state index contributed by atoms with van der Waals surface area (Å²) in [5.41, 5.74) is 2.04. The molecule has 2 aromatic rings. The van der Waals surface area contributed by atoms with Crippen molar-refractivity contribution in [1.29, 1.82) is 0 Å². The van der Waals surface area contributed by atoms with E-state index in [0.29, 0.717) is 17.1 Å². The summed E-state index contributed by atoms with van der Waals surface area (Å²) in [5, 5.41) is 0. The van der Waals surface area contributed by atoms with Gasteiger partial charge < -0.3 is 9.47 Å². The molecule has 0 amide bonds. The maximum Gasteiger partial charge on any atom is 0.316 e. The summed E-state index contributed by atoms with van der Waals surface area (Å²) >= 11 is 0. The summed E-state index contributed by atoms with van der Waals surface area (Å²) in [5.74, 6) is 0.511. The van der Waals surface area contributed by atoms with Gasteiger partial charge in [0.15, 0.2) is 5.76 Å². The van der Waals surface area contributed by atoms with Crippen molar-refractivity contribution >= 4 is 17.8 Å². The van der Waals surface area contributed by atoms with Crippen molar-refractivity contribution in [2.45, 2.75) is 47.0 Å². The summed E-state index contributed by atoms with van der Waals surface area (Å²) in [6.45, 7) is 11.8. The number of allylic oxidation sites excluding steroid dienone is 1. The molecule has 0 fully saturated rings. The van der Waals surface area contributed by atoms with Crippen LogP contribution in [0.4, 0.5) is 0 Å². The zero-order valence-electron chi connectivity index (χ0n) is 17.3. The van der Waals surface area contributed by atoms with Crippen molar-refractivity contribution < 1.29 is 19.1 Å². The SMILES string of the molecule is CC(C)(C)C(=O)Oc1ccc2c(c1)OC(=Cc1ccc(C(C)(C)C)cc1)C2=O. The third-order valence-corrected chi connectivity index (χ3v) is 4.54. The molecule has 0 atom stereocenters. The fraction of sp³-hybridized carbons (Fsp3) is 0.333. The average molecular weight is 378 g/mol. The summed E-state index contributed by atoms with van der Waals surface area (Å²) in [6.07, 6.45) is 1.73. The summed E-state index contributed by atoms with van der Waals surface area (Å²) in [4.78, 5) is 24.7. The molecule has 3 rings (SSSR count). The quantitative estimate of drug-likeness (QED) is 0.390. The molecule has 28 heavy (non-hydrogen) atoms. The highest BCUT2D eigenvalue weighted by molar-refractivity contribution is 6.14. The molecule has 0 bridgehead atoms. The Kier molecular flexibility index (Phi) is 4.92. The molecule has 1 aliphatic heterocycles. The van der Waals surface area contributed by atoms with Crippen molar-refractivity contribution in [2.24, 2.45) is 5.41 Å². The number of fused-ring (bicyclic) bond motifs is 1. The zero-order valence-corrected chi connectivity index (χ0v) is 17.3. The number of carbonyl (C=O) groups is 2. The van der Waals surface area contributed by atoms with Gasteiger partial charge in [0.25, 0.3) is 0 Å². The second-order valence-electron chi connectivity index (χ2n) is 9.11. The monoisotopic (exact) mass is 378 g/mol. The van der Waals surface area contributed by atoms with Gasteiger partial charge in [0.1, 0.15) is 11.5 Å². The van der Waals surface area contributed by atoms with Crippen LogP contribution in [0.5, 0.6) is 11.5 Å². The molecular formula is C24H26O4. The molecule has 0 saturated heterocycles. The lowest BCUT2D eigenvalue weighted by Gasteiger charge is -2.18. The number of benzene rings is 2. The zero-order chi connectivity index (χ0) is 20.7. The van der Waals surface area contributed by atoms with Gasteiger partial charge in [-0.2, -0.15) is 0 Å². The van der Waals surface area contributed by atoms with E-state index >= 15 is 0 Å². The van der Waals surface area contributed by atoms with Crippen LogP contribution >= 0.6 is 0 Å². The van der Waals surface area contributed by atoms with Crippen LogP contribution in [0.2, 0.25) is 0 Å². The fourth-order valence-electron chi connectivity index (χ4n) is 2.72. The molecule has 0 aromatic heterocycles. The van der Waals surface area contributed by atoms with Gasteiger partial charge in [0.2, 0.25) is 5.78 Å². The van der Waals surface area contributed by atoms with Gasteiger partial charge in [0, 0.05) is 6.07 Å². The number of ketones is 1. The Morgan fingerprint density at radius 3 is 2.18 bits per heavy atom. The lowest BCUT2D eigenvalue weighted by Crippen LogP contribution is -2.25. The van der Waals surface area contributed by atoms with Crippen LogP contribution in [0, 0.1) is 5.41 Å². The minimum absolute atomic E-state index is 0.0719. The van der Waals surface area contributed by atoms with Crippen LogP contribution < -0.4 is 9.47 Å². The van der Waals surface area contributed by atoms with Crippen molar-refractivity contribution in [1.82, 2.24) is 0 Å². The lowest BCUT2D eigenvalue weighted by molar-refractivity contribution is -0.143. The maximum absolute atomic E-state index is 12.6. The van der Waals surface area contributed by atoms with E-state index in [1.165, 1.54) is 5.56 Å². The molecule has 0 unspecified atom stereocenters. The molecule has 1 heterocycles. The van der Waals surface area contributed by atoms with E-state index in [-0.39, 0.29) is 22.9 Å². The van der Waals surface area contributed by atoms with E-state index in [2.05, 4.69) is 32.9 Å². The summed E-state index contributed by atoms with van der Waals surface area (Å²) in [7, 11) is 0. The first-order chi connectivity index (χ1) is 12.9. The third-order valence-electron chi connectivity index (χ3n) is 4.54. The predicted octanol–water partition coefficient (Wildman–Crippen LogP) is 5.55. The van der Waals surface area contributed by atoms with Crippen molar-refractivity contribution in [3.8, 4) is 11.5 Å². The van der Waals surface area contributed by atoms with Crippen LogP contribution in [0.1, 0.15) is 63.0 Å². The molecule has 0 aliphatic carbocycles. The van der Waals surface area contributed by atoms with Crippen LogP contribution in [0.3, 0.4) is 0 Å². The Bertz CT molecular complexity index is 952. The number of rotatable bonds is 2. The Labute approximate surface area is 166 Å². The van der Waals surface area contributed by atoms with Crippen LogP contribution in [-0.2, 0) is 10.2 Å². The van der Waals surface area contributed by atoms with Gasteiger partial charge in [-0.15, -0.1) is 0 Å². The molecule has 0 radical (unpaired) electrons. The van der Waals surface area contributed by atoms with E-state index < -0.39 is 5.41 Å². The highest BCUT2D eigenvalue weighted by Gasteiger charge is 2.29. The number of esters is 1. The van der Waals surface area contributed by atoms with Crippen LogP contribution in [-0.4, -0.2) is 11.8 Å². The number of carbonyl (C=O) groups excluding carboxylic acids is 2. The second-order valence-corrected chi connectivity index (χ2v) is 9.11. The minimum atomic E-state index is -0.611. The van der Waals surface area contributed by atoms with Gasteiger partial charge in [-0.3, -0.25) is 9.59 Å². The summed E-state index contributed by atoms with van der Waals surface area (Å²) < 4.78 is 11.1. The van der Waals surface area contributed by atoms with Crippen LogP contribution in [0.15, 0.2) is 48.2 Å². The number of Topliss-reactive ketones (excluding diaryl/α,β-unsaturated/α-hetero) is 1. The Morgan fingerprint density at radius 2 is 1.61 bits per heavy atom. The molecule has 4 nitrogen and oxygen atoms in total. The average Bonchev–Trinajstić information content (AvgIpc) is 2.89. The lowest BCUT2D eigenvalue weighted by atomic mass is 9.86. The number of hydrogen-bond acceptors (Lipinski definition) is 4. The minimum Gasteiger partial charge on any atom is -0.452 e. The van der Waals surface area contributed by atoms with E-state index in [1.54, 1.807) is 45.0 Å². The Morgan fingerprint density at radius 1 is 0.964 bits per heavy atom.